The van der Waals surface area contributed by atoms with Crippen LogP contribution in [0.3, 0.4) is 0 Å². The zero-order valence-electron chi connectivity index (χ0n) is 19.5. The average Bonchev–Trinajstić information content (AvgIpc) is 2.84. The molecule has 2 aromatic carbocycles. The number of hydrogen-bond acceptors (Lipinski definition) is 7. The summed E-state index contributed by atoms with van der Waals surface area (Å²) >= 11 is 3.86. The third-order valence-corrected chi connectivity index (χ3v) is 9.02. The number of hydrogen-bond donors (Lipinski definition) is 0. The zero-order chi connectivity index (χ0) is 23.4. The van der Waals surface area contributed by atoms with Crippen LogP contribution in [0.1, 0.15) is 30.4 Å². The fourth-order valence-corrected chi connectivity index (χ4v) is 7.74. The van der Waals surface area contributed by atoms with Gasteiger partial charge in [0.25, 0.3) is 0 Å². The van der Waals surface area contributed by atoms with E-state index in [1.807, 2.05) is 60.8 Å². The lowest BCUT2D eigenvalue weighted by atomic mass is 9.63. The standard InChI is InChI=1S/C26H30O5S2/c1-5-31-25(27)22-21(17-14-18(28-2)24(30-4)19(15-17)29-3)20(16-10-7-6-8-11-16)23(22)26-32-12-9-13-33-26/h6-8,10-11,14-15,21-22,26H,5,9,12-13H2,1-4H3/t21-,22+/m1/s1. The Kier molecular flexibility index (Phi) is 7.81. The first-order valence-electron chi connectivity index (χ1n) is 11.1. The van der Waals surface area contributed by atoms with Gasteiger partial charge in [0, 0.05) is 5.92 Å². The van der Waals surface area contributed by atoms with Gasteiger partial charge in [-0.05, 0) is 59.3 Å². The third kappa shape index (κ3) is 4.58. The molecule has 4 rings (SSSR count). The molecule has 0 saturated carbocycles. The van der Waals surface area contributed by atoms with Crippen LogP contribution in [0.4, 0.5) is 0 Å². The summed E-state index contributed by atoms with van der Waals surface area (Å²) < 4.78 is 22.6. The summed E-state index contributed by atoms with van der Waals surface area (Å²) in [4.78, 5) is 13.3. The van der Waals surface area contributed by atoms with Crippen LogP contribution in [-0.2, 0) is 9.53 Å². The highest BCUT2D eigenvalue weighted by atomic mass is 32.2. The topological polar surface area (TPSA) is 54.0 Å². The van der Waals surface area contributed by atoms with Crippen LogP contribution in [0.5, 0.6) is 17.2 Å². The van der Waals surface area contributed by atoms with Crippen LogP contribution in [-0.4, -0.2) is 50.0 Å². The summed E-state index contributed by atoms with van der Waals surface area (Å²) in [6, 6.07) is 14.3. The van der Waals surface area contributed by atoms with E-state index >= 15 is 0 Å². The van der Waals surface area contributed by atoms with Crippen molar-refractivity contribution >= 4 is 35.1 Å². The maximum atomic E-state index is 13.3. The minimum atomic E-state index is -0.342. The molecule has 2 atom stereocenters. The molecule has 0 amide bonds. The molecule has 0 unspecified atom stereocenters. The number of methoxy groups -OCH3 is 3. The zero-order valence-corrected chi connectivity index (χ0v) is 21.1. The van der Waals surface area contributed by atoms with Crippen LogP contribution in [0, 0.1) is 5.92 Å². The fourth-order valence-electron chi connectivity index (χ4n) is 4.64. The molecule has 7 heteroatoms. The normalized spacial score (nSPS) is 20.7. The van der Waals surface area contributed by atoms with E-state index in [-0.39, 0.29) is 22.4 Å². The molecule has 2 aromatic rings. The lowest BCUT2D eigenvalue weighted by Crippen LogP contribution is -2.39. The molecule has 1 aliphatic heterocycles. The van der Waals surface area contributed by atoms with Gasteiger partial charge in [0.15, 0.2) is 11.5 Å². The average molecular weight is 487 g/mol. The molecule has 176 valence electrons. The summed E-state index contributed by atoms with van der Waals surface area (Å²) in [5.41, 5.74) is 4.48. The monoisotopic (exact) mass is 486 g/mol. The largest absolute Gasteiger partial charge is 0.493 e. The Morgan fingerprint density at radius 2 is 1.61 bits per heavy atom. The van der Waals surface area contributed by atoms with Crippen molar-refractivity contribution in [1.29, 1.82) is 0 Å². The fraction of sp³-hybridized carbons (Fsp3) is 0.423. The van der Waals surface area contributed by atoms with Gasteiger partial charge in [0.05, 0.1) is 38.4 Å². The molecule has 1 heterocycles. The van der Waals surface area contributed by atoms with Gasteiger partial charge in [-0.1, -0.05) is 30.3 Å². The predicted molar refractivity (Wildman–Crippen MR) is 136 cm³/mol. The van der Waals surface area contributed by atoms with Crippen molar-refractivity contribution in [3.8, 4) is 17.2 Å². The smallest absolute Gasteiger partial charge is 0.314 e. The van der Waals surface area contributed by atoms with Crippen molar-refractivity contribution in [1.82, 2.24) is 0 Å². The minimum absolute atomic E-state index is 0.154. The molecular formula is C26H30O5S2. The van der Waals surface area contributed by atoms with Crippen molar-refractivity contribution in [2.45, 2.75) is 23.8 Å². The van der Waals surface area contributed by atoms with Gasteiger partial charge in [-0.25, -0.2) is 0 Å². The molecule has 0 radical (unpaired) electrons. The van der Waals surface area contributed by atoms with Crippen molar-refractivity contribution in [2.24, 2.45) is 5.92 Å². The summed E-state index contributed by atoms with van der Waals surface area (Å²) in [6.07, 6.45) is 1.19. The van der Waals surface area contributed by atoms with Crippen molar-refractivity contribution in [2.75, 3.05) is 39.4 Å². The molecule has 2 aliphatic rings. The van der Waals surface area contributed by atoms with Crippen molar-refractivity contribution < 1.29 is 23.7 Å². The van der Waals surface area contributed by atoms with Crippen LogP contribution < -0.4 is 14.2 Å². The van der Waals surface area contributed by atoms with E-state index < -0.39 is 0 Å². The van der Waals surface area contributed by atoms with Crippen molar-refractivity contribution in [3.63, 3.8) is 0 Å². The number of esters is 1. The van der Waals surface area contributed by atoms with Gasteiger partial charge >= 0.3 is 5.97 Å². The summed E-state index contributed by atoms with van der Waals surface area (Å²) in [5.74, 6) is 3.25. The van der Waals surface area contributed by atoms with E-state index in [1.54, 1.807) is 21.3 Å². The van der Waals surface area contributed by atoms with Crippen LogP contribution in [0.15, 0.2) is 48.0 Å². The van der Waals surface area contributed by atoms with Gasteiger partial charge < -0.3 is 18.9 Å². The summed E-state index contributed by atoms with van der Waals surface area (Å²) in [5, 5.41) is 0. The van der Waals surface area contributed by atoms with E-state index in [0.717, 1.165) is 22.6 Å². The van der Waals surface area contributed by atoms with Gasteiger partial charge in [-0.2, -0.15) is 0 Å². The lowest BCUT2D eigenvalue weighted by Gasteiger charge is -2.45. The van der Waals surface area contributed by atoms with Crippen molar-refractivity contribution in [3.05, 3.63) is 59.2 Å². The Morgan fingerprint density at radius 1 is 0.970 bits per heavy atom. The van der Waals surface area contributed by atoms with E-state index in [2.05, 4.69) is 12.1 Å². The van der Waals surface area contributed by atoms with Gasteiger partial charge in [0.1, 0.15) is 0 Å². The van der Waals surface area contributed by atoms with Gasteiger partial charge in [0.2, 0.25) is 5.75 Å². The Labute approximate surface area is 204 Å². The van der Waals surface area contributed by atoms with Crippen LogP contribution in [0.25, 0.3) is 5.57 Å². The number of thioether (sulfide) groups is 2. The molecule has 0 N–H and O–H groups in total. The Bertz CT molecular complexity index is 990. The molecule has 1 saturated heterocycles. The SMILES string of the molecule is CCOC(=O)[C@@H]1C(C2SCCCS2)=C(c2ccccc2)[C@H]1c1cc(OC)c(OC)c(OC)c1. The highest BCUT2D eigenvalue weighted by Crippen LogP contribution is 2.59. The number of ether oxygens (including phenoxy) is 4. The first kappa shape index (κ1) is 23.9. The van der Waals surface area contributed by atoms with Gasteiger partial charge in [-0.3, -0.25) is 4.79 Å². The molecular weight excluding hydrogens is 456 g/mol. The highest BCUT2D eigenvalue weighted by Gasteiger charge is 2.50. The van der Waals surface area contributed by atoms with E-state index in [4.69, 9.17) is 18.9 Å². The summed E-state index contributed by atoms with van der Waals surface area (Å²) in [6.45, 7) is 2.22. The Balaban J connectivity index is 1.90. The predicted octanol–water partition coefficient (Wildman–Crippen LogP) is 5.64. The van der Waals surface area contributed by atoms with Gasteiger partial charge in [-0.15, -0.1) is 23.5 Å². The van der Waals surface area contributed by atoms with E-state index in [1.165, 1.54) is 17.6 Å². The number of rotatable bonds is 8. The Hall–Kier alpha value is -2.25. The number of carbonyl (C=O) groups excluding carboxylic acids is 1. The summed E-state index contributed by atoms with van der Waals surface area (Å²) in [7, 11) is 4.81. The second-order valence-electron chi connectivity index (χ2n) is 7.83. The third-order valence-electron chi connectivity index (χ3n) is 6.04. The quantitative estimate of drug-likeness (QED) is 0.448. The molecule has 0 aromatic heterocycles. The molecule has 1 aliphatic carbocycles. The van der Waals surface area contributed by atoms with E-state index in [0.29, 0.717) is 23.9 Å². The molecule has 0 bridgehead atoms. The first-order chi connectivity index (χ1) is 16.1. The minimum Gasteiger partial charge on any atom is -0.493 e. The molecule has 1 fully saturated rings. The maximum Gasteiger partial charge on any atom is 0.314 e. The maximum absolute atomic E-state index is 13.3. The number of benzene rings is 2. The molecule has 5 nitrogen and oxygen atoms in total. The second-order valence-corrected chi connectivity index (χ2v) is 10.6. The molecule has 0 spiro atoms. The number of allylic oxidation sites excluding steroid dienone is 1. The van der Waals surface area contributed by atoms with Crippen LogP contribution in [0.2, 0.25) is 0 Å². The second kappa shape index (κ2) is 10.8. The molecule has 33 heavy (non-hydrogen) atoms. The van der Waals surface area contributed by atoms with E-state index in [9.17, 15) is 4.79 Å². The Morgan fingerprint density at radius 3 is 2.15 bits per heavy atom. The lowest BCUT2D eigenvalue weighted by molar-refractivity contribution is -0.147. The highest BCUT2D eigenvalue weighted by molar-refractivity contribution is 8.17. The van der Waals surface area contributed by atoms with Crippen LogP contribution >= 0.6 is 23.5 Å². The first-order valence-corrected chi connectivity index (χ1v) is 13.2. The number of carbonyl (C=O) groups is 1.